The summed E-state index contributed by atoms with van der Waals surface area (Å²) in [6.07, 6.45) is 3.40. The number of amides is 1. The molecular formula is C17H17FN4O2S. The molecular weight excluding hydrogens is 343 g/mol. The van der Waals surface area contributed by atoms with Crippen LogP contribution in [0.1, 0.15) is 23.1 Å². The molecule has 0 radical (unpaired) electrons. The van der Waals surface area contributed by atoms with E-state index in [1.165, 1.54) is 16.7 Å². The number of carbonyl (C=O) groups is 1. The lowest BCUT2D eigenvalue weighted by Gasteiger charge is -2.19. The predicted molar refractivity (Wildman–Crippen MR) is 92.9 cm³/mol. The van der Waals surface area contributed by atoms with E-state index in [1.54, 1.807) is 41.4 Å². The minimum atomic E-state index is -0.539. The number of halogens is 1. The highest BCUT2D eigenvalue weighted by molar-refractivity contribution is 7.07. The molecule has 130 valence electrons. The van der Waals surface area contributed by atoms with Crippen molar-refractivity contribution in [3.63, 3.8) is 0 Å². The van der Waals surface area contributed by atoms with Crippen LogP contribution in [-0.4, -0.2) is 20.0 Å². The number of thiazole rings is 1. The van der Waals surface area contributed by atoms with Crippen molar-refractivity contribution < 1.29 is 9.18 Å². The molecule has 8 heteroatoms. The Kier molecular flexibility index (Phi) is 4.80. The highest BCUT2D eigenvalue weighted by Gasteiger charge is 2.21. The average Bonchev–Trinajstić information content (AvgIpc) is 3.14. The third kappa shape index (κ3) is 3.69. The quantitative estimate of drug-likeness (QED) is 0.757. The van der Waals surface area contributed by atoms with E-state index in [0.29, 0.717) is 11.4 Å². The van der Waals surface area contributed by atoms with E-state index < -0.39 is 6.04 Å². The van der Waals surface area contributed by atoms with E-state index in [4.69, 9.17) is 0 Å². The monoisotopic (exact) mass is 360 g/mol. The van der Waals surface area contributed by atoms with E-state index in [0.717, 1.165) is 17.0 Å². The summed E-state index contributed by atoms with van der Waals surface area (Å²) in [5.41, 5.74) is 1.44. The van der Waals surface area contributed by atoms with Gasteiger partial charge in [0.05, 0.1) is 0 Å². The first-order chi connectivity index (χ1) is 12.0. The Morgan fingerprint density at radius 2 is 2.08 bits per heavy atom. The molecule has 2 heterocycles. The zero-order valence-electron chi connectivity index (χ0n) is 13.8. The Morgan fingerprint density at radius 3 is 2.64 bits per heavy atom. The lowest BCUT2D eigenvalue weighted by atomic mass is 10.1. The zero-order valence-corrected chi connectivity index (χ0v) is 14.6. The first-order valence-corrected chi connectivity index (χ1v) is 8.50. The summed E-state index contributed by atoms with van der Waals surface area (Å²) in [5, 5.41) is 4.60. The third-order valence-corrected chi connectivity index (χ3v) is 4.78. The standard InChI is InChI=1S/C17H17FN4O2S/c1-11-10-25-17(24)22(11)9-14(23)20-15(16-19-7-8-21(16)2)12-3-5-13(18)6-4-12/h3-8,10,15H,9H2,1-2H3,(H,20,23)/t15-/m1/s1. The number of nitrogens with one attached hydrogen (secondary N) is 1. The fraction of sp³-hybridized carbons (Fsp3) is 0.235. The number of benzene rings is 1. The molecule has 3 aromatic rings. The summed E-state index contributed by atoms with van der Waals surface area (Å²) in [4.78, 5) is 28.4. The summed E-state index contributed by atoms with van der Waals surface area (Å²) in [6, 6.07) is 5.35. The van der Waals surface area contributed by atoms with Gasteiger partial charge in [-0.15, -0.1) is 0 Å². The molecule has 0 aliphatic heterocycles. The lowest BCUT2D eigenvalue weighted by molar-refractivity contribution is -0.122. The van der Waals surface area contributed by atoms with Crippen LogP contribution < -0.4 is 10.2 Å². The van der Waals surface area contributed by atoms with Gasteiger partial charge in [-0.2, -0.15) is 0 Å². The molecule has 0 saturated carbocycles. The van der Waals surface area contributed by atoms with Crippen molar-refractivity contribution >= 4 is 17.2 Å². The van der Waals surface area contributed by atoms with E-state index in [1.807, 2.05) is 7.05 Å². The van der Waals surface area contributed by atoms with Crippen LogP contribution in [0.15, 0.2) is 46.8 Å². The van der Waals surface area contributed by atoms with Gasteiger partial charge in [-0.3, -0.25) is 14.2 Å². The van der Waals surface area contributed by atoms with Gasteiger partial charge < -0.3 is 9.88 Å². The van der Waals surface area contributed by atoms with Crippen LogP contribution in [0.2, 0.25) is 0 Å². The van der Waals surface area contributed by atoms with Crippen molar-refractivity contribution in [2.75, 3.05) is 0 Å². The summed E-state index contributed by atoms with van der Waals surface area (Å²) in [6.45, 7) is 1.71. The van der Waals surface area contributed by atoms with Gasteiger partial charge in [0.15, 0.2) is 0 Å². The van der Waals surface area contributed by atoms with Gasteiger partial charge >= 0.3 is 4.87 Å². The fourth-order valence-corrected chi connectivity index (χ4v) is 3.29. The van der Waals surface area contributed by atoms with E-state index in [9.17, 15) is 14.0 Å². The molecule has 0 aliphatic rings. The minimum absolute atomic E-state index is 0.0731. The Bertz CT molecular complexity index is 942. The maximum Gasteiger partial charge on any atom is 0.307 e. The molecule has 0 spiro atoms. The highest BCUT2D eigenvalue weighted by atomic mass is 32.1. The molecule has 0 bridgehead atoms. The summed E-state index contributed by atoms with van der Waals surface area (Å²) >= 11 is 1.06. The second-order valence-electron chi connectivity index (χ2n) is 5.68. The van der Waals surface area contributed by atoms with Crippen LogP contribution in [0, 0.1) is 12.7 Å². The number of rotatable bonds is 5. The molecule has 0 fully saturated rings. The molecule has 0 unspecified atom stereocenters. The third-order valence-electron chi connectivity index (χ3n) is 3.90. The number of aromatic nitrogens is 3. The van der Waals surface area contributed by atoms with Crippen molar-refractivity contribution in [2.24, 2.45) is 7.05 Å². The Morgan fingerprint density at radius 1 is 1.36 bits per heavy atom. The van der Waals surface area contributed by atoms with E-state index >= 15 is 0 Å². The van der Waals surface area contributed by atoms with Crippen LogP contribution in [0.3, 0.4) is 0 Å². The van der Waals surface area contributed by atoms with Crippen LogP contribution in [-0.2, 0) is 18.4 Å². The molecule has 6 nitrogen and oxygen atoms in total. The van der Waals surface area contributed by atoms with Crippen molar-refractivity contribution in [1.29, 1.82) is 0 Å². The van der Waals surface area contributed by atoms with Crippen LogP contribution in [0.5, 0.6) is 0 Å². The Balaban J connectivity index is 1.87. The molecule has 0 aliphatic carbocycles. The lowest BCUT2D eigenvalue weighted by Crippen LogP contribution is -2.35. The van der Waals surface area contributed by atoms with Gasteiger partial charge in [0.2, 0.25) is 5.91 Å². The van der Waals surface area contributed by atoms with Gasteiger partial charge in [-0.1, -0.05) is 23.5 Å². The van der Waals surface area contributed by atoms with E-state index in [-0.39, 0.29) is 23.1 Å². The molecule has 1 atom stereocenters. The predicted octanol–water partition coefficient (Wildman–Crippen LogP) is 2.00. The Labute approximate surface area is 147 Å². The molecule has 1 aromatic carbocycles. The molecule has 1 N–H and O–H groups in total. The largest absolute Gasteiger partial charge is 0.341 e. The number of hydrogen-bond donors (Lipinski definition) is 1. The van der Waals surface area contributed by atoms with Crippen molar-refractivity contribution in [3.8, 4) is 0 Å². The topological polar surface area (TPSA) is 68.9 Å². The van der Waals surface area contributed by atoms with Crippen molar-refractivity contribution in [3.05, 3.63) is 74.6 Å². The van der Waals surface area contributed by atoms with Gasteiger partial charge in [0.1, 0.15) is 24.2 Å². The van der Waals surface area contributed by atoms with Gasteiger partial charge in [-0.05, 0) is 24.6 Å². The van der Waals surface area contributed by atoms with Crippen molar-refractivity contribution in [2.45, 2.75) is 19.5 Å². The minimum Gasteiger partial charge on any atom is -0.341 e. The molecule has 3 rings (SSSR count). The van der Waals surface area contributed by atoms with Gasteiger partial charge in [-0.25, -0.2) is 9.37 Å². The van der Waals surface area contributed by atoms with Crippen molar-refractivity contribution in [1.82, 2.24) is 19.4 Å². The maximum absolute atomic E-state index is 13.2. The summed E-state index contributed by atoms with van der Waals surface area (Å²) < 4.78 is 16.4. The number of hydrogen-bond acceptors (Lipinski definition) is 4. The molecule has 25 heavy (non-hydrogen) atoms. The molecule has 1 amide bonds. The number of aryl methyl sites for hydroxylation is 2. The number of imidazole rings is 1. The first kappa shape index (κ1) is 17.1. The number of nitrogens with zero attached hydrogens (tertiary/aromatic N) is 3. The van der Waals surface area contributed by atoms with Crippen LogP contribution in [0.4, 0.5) is 4.39 Å². The van der Waals surface area contributed by atoms with Crippen LogP contribution in [0.25, 0.3) is 0 Å². The molecule has 0 saturated heterocycles. The normalized spacial score (nSPS) is 12.1. The second-order valence-corrected chi connectivity index (χ2v) is 6.50. The smallest absolute Gasteiger partial charge is 0.307 e. The first-order valence-electron chi connectivity index (χ1n) is 7.62. The summed E-state index contributed by atoms with van der Waals surface area (Å²) in [5.74, 6) is -0.0515. The van der Waals surface area contributed by atoms with Gasteiger partial charge in [0.25, 0.3) is 0 Å². The zero-order chi connectivity index (χ0) is 18.0. The molecule has 2 aromatic heterocycles. The number of carbonyl (C=O) groups excluding carboxylic acids is 1. The SMILES string of the molecule is Cc1csc(=O)n1CC(=O)N[C@H](c1ccc(F)cc1)c1nccn1C. The second kappa shape index (κ2) is 7.02. The average molecular weight is 360 g/mol. The van der Waals surface area contributed by atoms with Crippen LogP contribution >= 0.6 is 11.3 Å². The van der Waals surface area contributed by atoms with Gasteiger partial charge in [0, 0.05) is 30.5 Å². The highest BCUT2D eigenvalue weighted by Crippen LogP contribution is 2.20. The summed E-state index contributed by atoms with van der Waals surface area (Å²) in [7, 11) is 1.82. The Hall–Kier alpha value is -2.74. The van der Waals surface area contributed by atoms with E-state index in [2.05, 4.69) is 10.3 Å². The fourth-order valence-electron chi connectivity index (χ4n) is 2.55. The maximum atomic E-state index is 13.2.